The second kappa shape index (κ2) is 6.59. The van der Waals surface area contributed by atoms with Crippen LogP contribution in [0.1, 0.15) is 20.3 Å². The van der Waals surface area contributed by atoms with Gasteiger partial charge in [-0.3, -0.25) is 0 Å². The first kappa shape index (κ1) is 18.9. The molecule has 0 amide bonds. The van der Waals surface area contributed by atoms with Gasteiger partial charge < -0.3 is 48.5 Å². The maximum Gasteiger partial charge on any atom is 0.222 e. The van der Waals surface area contributed by atoms with Crippen LogP contribution in [-0.4, -0.2) is 96.4 Å². The molecule has 10 nitrogen and oxygen atoms in total. The van der Waals surface area contributed by atoms with Gasteiger partial charge in [0.15, 0.2) is 12.1 Å². The average Bonchev–Trinajstić information content (AvgIpc) is 3.29. The molecule has 4 heterocycles. The first-order chi connectivity index (χ1) is 12.2. The van der Waals surface area contributed by atoms with Crippen LogP contribution < -0.4 is 0 Å². The van der Waals surface area contributed by atoms with Crippen molar-refractivity contribution in [3.05, 3.63) is 0 Å². The van der Waals surface area contributed by atoms with E-state index in [9.17, 15) is 15.3 Å². The Balaban J connectivity index is 1.52. The molecule has 9 atom stereocenters. The molecule has 0 aliphatic carbocycles. The van der Waals surface area contributed by atoms with Gasteiger partial charge in [0.05, 0.1) is 12.7 Å². The Bertz CT molecular complexity index is 525. The van der Waals surface area contributed by atoms with E-state index < -0.39 is 60.6 Å². The van der Waals surface area contributed by atoms with E-state index in [0.717, 1.165) is 0 Å². The molecule has 3 N–H and O–H groups in total. The van der Waals surface area contributed by atoms with Gasteiger partial charge in [-0.25, -0.2) is 0 Å². The van der Waals surface area contributed by atoms with Crippen LogP contribution in [0, 0.1) is 0 Å². The summed E-state index contributed by atoms with van der Waals surface area (Å²) in [5.74, 6) is -3.11. The molecule has 0 aromatic heterocycles. The Morgan fingerprint density at radius 2 is 1.92 bits per heavy atom. The zero-order valence-electron chi connectivity index (χ0n) is 14.9. The Morgan fingerprint density at radius 1 is 1.19 bits per heavy atom. The zero-order valence-corrected chi connectivity index (χ0v) is 14.9. The van der Waals surface area contributed by atoms with E-state index in [4.69, 9.17) is 33.2 Å². The Kier molecular flexibility index (Phi) is 4.80. The Hall–Kier alpha value is -0.400. The van der Waals surface area contributed by atoms with E-state index in [1.165, 1.54) is 7.11 Å². The van der Waals surface area contributed by atoms with Crippen LogP contribution in [0.2, 0.25) is 0 Å². The van der Waals surface area contributed by atoms with E-state index in [0.29, 0.717) is 6.61 Å². The molecule has 0 aromatic rings. The molecule has 0 aromatic carbocycles. The maximum absolute atomic E-state index is 11.0. The highest BCUT2D eigenvalue weighted by atomic mass is 16.8. The number of methoxy groups -OCH3 is 1. The molecule has 0 saturated carbocycles. The summed E-state index contributed by atoms with van der Waals surface area (Å²) >= 11 is 0. The summed E-state index contributed by atoms with van der Waals surface area (Å²) in [6.45, 7) is 3.78. The van der Waals surface area contributed by atoms with Gasteiger partial charge in [-0.2, -0.15) is 0 Å². The van der Waals surface area contributed by atoms with E-state index in [1.54, 1.807) is 13.8 Å². The fourth-order valence-corrected chi connectivity index (χ4v) is 3.86. The first-order valence-electron chi connectivity index (χ1n) is 8.75. The summed E-state index contributed by atoms with van der Waals surface area (Å²) in [5.41, 5.74) is 0. The number of ether oxygens (including phenoxy) is 7. The number of fused-ring (bicyclic) bond motifs is 3. The van der Waals surface area contributed by atoms with Crippen molar-refractivity contribution < 1.29 is 48.5 Å². The van der Waals surface area contributed by atoms with E-state index in [-0.39, 0.29) is 13.2 Å². The second-order valence-corrected chi connectivity index (χ2v) is 7.58. The molecule has 0 bridgehead atoms. The molecule has 4 rings (SSSR count). The van der Waals surface area contributed by atoms with Gasteiger partial charge in [-0.15, -0.1) is 0 Å². The quantitative estimate of drug-likeness (QED) is 0.369. The average molecular weight is 378 g/mol. The van der Waals surface area contributed by atoms with Crippen LogP contribution >= 0.6 is 0 Å². The van der Waals surface area contributed by atoms with Gasteiger partial charge >= 0.3 is 0 Å². The monoisotopic (exact) mass is 378 g/mol. The predicted molar refractivity (Wildman–Crippen MR) is 81.6 cm³/mol. The van der Waals surface area contributed by atoms with Crippen molar-refractivity contribution in [3.63, 3.8) is 0 Å². The lowest BCUT2D eigenvalue weighted by molar-refractivity contribution is -0.369. The number of hydrogen-bond donors (Lipinski definition) is 3. The standard InChI is InChI=1S/C16H26O10/c1-15(2)24-12-10-7(23-14(12)26-15)4-9(17)16(19,25-10)13(18)11(8-5-21-8)22-6-20-3/h7-14,17-19H,4-6H2,1-3H3/t7-,8+,9-,10+,11-,12-,13+,14-,16?/m1/s1. The minimum Gasteiger partial charge on any atom is -0.387 e. The van der Waals surface area contributed by atoms with Crippen molar-refractivity contribution in [2.45, 2.75) is 80.9 Å². The first-order valence-corrected chi connectivity index (χ1v) is 8.75. The largest absolute Gasteiger partial charge is 0.387 e. The third-order valence-electron chi connectivity index (χ3n) is 5.18. The Morgan fingerprint density at radius 3 is 2.58 bits per heavy atom. The van der Waals surface area contributed by atoms with E-state index in [2.05, 4.69) is 0 Å². The number of epoxide rings is 1. The summed E-state index contributed by atoms with van der Waals surface area (Å²) in [6, 6.07) is 0. The number of rotatable bonds is 6. The van der Waals surface area contributed by atoms with Crippen LogP contribution in [0.3, 0.4) is 0 Å². The van der Waals surface area contributed by atoms with Gasteiger partial charge in [0.25, 0.3) is 0 Å². The van der Waals surface area contributed by atoms with Crippen molar-refractivity contribution in [2.24, 2.45) is 0 Å². The second-order valence-electron chi connectivity index (χ2n) is 7.58. The molecule has 0 radical (unpaired) electrons. The van der Waals surface area contributed by atoms with Crippen LogP contribution in [-0.2, 0) is 33.2 Å². The van der Waals surface area contributed by atoms with Crippen LogP contribution in [0.4, 0.5) is 0 Å². The van der Waals surface area contributed by atoms with Crippen LogP contribution in [0.15, 0.2) is 0 Å². The number of aliphatic hydroxyl groups is 3. The van der Waals surface area contributed by atoms with Gasteiger partial charge in [-0.1, -0.05) is 0 Å². The number of hydrogen-bond acceptors (Lipinski definition) is 10. The van der Waals surface area contributed by atoms with Gasteiger partial charge in [0.1, 0.15) is 43.4 Å². The molecule has 10 heteroatoms. The molecular weight excluding hydrogens is 352 g/mol. The summed E-state index contributed by atoms with van der Waals surface area (Å²) in [7, 11) is 1.44. The third kappa shape index (κ3) is 3.18. The molecule has 4 aliphatic heterocycles. The highest BCUT2D eigenvalue weighted by Gasteiger charge is 2.64. The van der Waals surface area contributed by atoms with Crippen molar-refractivity contribution >= 4 is 0 Å². The molecule has 4 aliphatic rings. The smallest absolute Gasteiger partial charge is 0.222 e. The van der Waals surface area contributed by atoms with Crippen LogP contribution in [0.25, 0.3) is 0 Å². The molecule has 0 spiro atoms. The fraction of sp³-hybridized carbons (Fsp3) is 1.00. The van der Waals surface area contributed by atoms with E-state index >= 15 is 0 Å². The molecule has 4 fully saturated rings. The van der Waals surface area contributed by atoms with Gasteiger partial charge in [0.2, 0.25) is 5.79 Å². The lowest BCUT2D eigenvalue weighted by Gasteiger charge is -2.46. The molecule has 26 heavy (non-hydrogen) atoms. The summed E-state index contributed by atoms with van der Waals surface area (Å²) in [6.07, 6.45) is -6.66. The summed E-state index contributed by atoms with van der Waals surface area (Å²) < 4.78 is 38.5. The Labute approximate surface area is 150 Å². The third-order valence-corrected chi connectivity index (χ3v) is 5.18. The molecule has 150 valence electrons. The minimum atomic E-state index is -2.26. The van der Waals surface area contributed by atoms with Gasteiger partial charge in [0, 0.05) is 13.5 Å². The summed E-state index contributed by atoms with van der Waals surface area (Å²) in [5, 5.41) is 32.2. The maximum atomic E-state index is 11.0. The van der Waals surface area contributed by atoms with Crippen LogP contribution in [0.5, 0.6) is 0 Å². The lowest BCUT2D eigenvalue weighted by Crippen LogP contribution is -2.66. The molecular formula is C16H26O10. The molecule has 1 unspecified atom stereocenters. The highest BCUT2D eigenvalue weighted by Crippen LogP contribution is 2.45. The highest BCUT2D eigenvalue weighted by molar-refractivity contribution is 5.05. The predicted octanol–water partition coefficient (Wildman–Crippen LogP) is -1.55. The topological polar surface area (TPSA) is 129 Å². The number of aliphatic hydroxyl groups excluding tert-OH is 2. The van der Waals surface area contributed by atoms with Crippen molar-refractivity contribution in [1.29, 1.82) is 0 Å². The van der Waals surface area contributed by atoms with Gasteiger partial charge in [-0.05, 0) is 13.8 Å². The summed E-state index contributed by atoms with van der Waals surface area (Å²) in [4.78, 5) is 0. The normalized spacial score (nSPS) is 48.7. The minimum absolute atomic E-state index is 0.0564. The van der Waals surface area contributed by atoms with Crippen molar-refractivity contribution in [3.8, 4) is 0 Å². The fourth-order valence-electron chi connectivity index (χ4n) is 3.86. The SMILES string of the molecule is COCO[C@H]([C@@H]1CO1)[C@H](O)C1(O)O[C@@H]2[C@H]3OC(C)(C)O[C@H]3O[C@@H]2C[C@H]1O. The van der Waals surface area contributed by atoms with Crippen molar-refractivity contribution in [2.75, 3.05) is 20.5 Å². The molecule has 4 saturated heterocycles. The van der Waals surface area contributed by atoms with Crippen molar-refractivity contribution in [1.82, 2.24) is 0 Å². The lowest BCUT2D eigenvalue weighted by atomic mass is 9.88. The zero-order chi connectivity index (χ0) is 18.7. The van der Waals surface area contributed by atoms with E-state index in [1.807, 2.05) is 0 Å².